The van der Waals surface area contributed by atoms with E-state index in [0.29, 0.717) is 12.2 Å². The van der Waals surface area contributed by atoms with Gasteiger partial charge in [0.2, 0.25) is 0 Å². The second-order valence-electron chi connectivity index (χ2n) is 6.45. The van der Waals surface area contributed by atoms with Gasteiger partial charge in [0.05, 0.1) is 12.2 Å². The minimum atomic E-state index is 0.404. The van der Waals surface area contributed by atoms with Crippen LogP contribution < -0.4 is 10.2 Å². The molecule has 0 aliphatic carbocycles. The molecule has 21 heavy (non-hydrogen) atoms. The third kappa shape index (κ3) is 3.58. The largest absolute Gasteiger partial charge is 0.372 e. The van der Waals surface area contributed by atoms with Crippen LogP contribution in [0.25, 0.3) is 0 Å². The summed E-state index contributed by atoms with van der Waals surface area (Å²) in [5.41, 5.74) is 4.33. The number of ether oxygens (including phenoxy) is 1. The lowest BCUT2D eigenvalue weighted by atomic mass is 9.99. The van der Waals surface area contributed by atoms with Crippen LogP contribution in [0.3, 0.4) is 0 Å². The standard InChI is InChI=1S/C18H28N2O/c1-3-19-12-16-7-8-17(21-16)13-20-10-4-5-15-11-14(2)6-9-18(15)20/h6,9,11,16-17,19H,3-5,7-8,10,12-13H2,1-2H3. The molecule has 1 saturated heterocycles. The summed E-state index contributed by atoms with van der Waals surface area (Å²) < 4.78 is 6.20. The van der Waals surface area contributed by atoms with Crippen molar-refractivity contribution >= 4 is 5.69 Å². The molecule has 0 spiro atoms. The lowest BCUT2D eigenvalue weighted by molar-refractivity contribution is 0.0495. The molecule has 0 bridgehead atoms. The molecule has 1 aromatic rings. The molecule has 116 valence electrons. The van der Waals surface area contributed by atoms with Gasteiger partial charge in [0.15, 0.2) is 0 Å². The van der Waals surface area contributed by atoms with E-state index in [4.69, 9.17) is 4.74 Å². The fourth-order valence-electron chi connectivity index (χ4n) is 3.61. The average molecular weight is 288 g/mol. The van der Waals surface area contributed by atoms with Crippen molar-refractivity contribution in [3.8, 4) is 0 Å². The van der Waals surface area contributed by atoms with E-state index in [1.807, 2.05) is 0 Å². The van der Waals surface area contributed by atoms with Crippen LogP contribution >= 0.6 is 0 Å². The maximum absolute atomic E-state index is 6.20. The second-order valence-corrected chi connectivity index (χ2v) is 6.45. The zero-order chi connectivity index (χ0) is 14.7. The fraction of sp³-hybridized carbons (Fsp3) is 0.667. The summed E-state index contributed by atoms with van der Waals surface area (Å²) in [4.78, 5) is 2.54. The Morgan fingerprint density at radius 3 is 3.00 bits per heavy atom. The van der Waals surface area contributed by atoms with Crippen molar-refractivity contribution in [2.24, 2.45) is 0 Å². The zero-order valence-corrected chi connectivity index (χ0v) is 13.4. The van der Waals surface area contributed by atoms with Crippen molar-refractivity contribution < 1.29 is 4.74 Å². The summed E-state index contributed by atoms with van der Waals surface area (Å²) in [6, 6.07) is 6.89. The quantitative estimate of drug-likeness (QED) is 0.901. The summed E-state index contributed by atoms with van der Waals surface area (Å²) >= 11 is 0. The molecule has 3 rings (SSSR count). The number of fused-ring (bicyclic) bond motifs is 1. The van der Waals surface area contributed by atoms with Crippen LogP contribution in [-0.2, 0) is 11.2 Å². The SMILES string of the molecule is CCNCC1CCC(CN2CCCc3cc(C)ccc32)O1. The molecule has 0 amide bonds. The van der Waals surface area contributed by atoms with Gasteiger partial charge in [-0.1, -0.05) is 24.6 Å². The lowest BCUT2D eigenvalue weighted by Crippen LogP contribution is -2.37. The summed E-state index contributed by atoms with van der Waals surface area (Å²) in [6.45, 7) is 8.60. The summed E-state index contributed by atoms with van der Waals surface area (Å²) in [5.74, 6) is 0. The van der Waals surface area contributed by atoms with Gasteiger partial charge in [-0.3, -0.25) is 0 Å². The highest BCUT2D eigenvalue weighted by molar-refractivity contribution is 5.56. The van der Waals surface area contributed by atoms with E-state index in [0.717, 1.165) is 19.6 Å². The highest BCUT2D eigenvalue weighted by Gasteiger charge is 2.28. The molecule has 0 radical (unpaired) electrons. The topological polar surface area (TPSA) is 24.5 Å². The number of hydrogen-bond donors (Lipinski definition) is 1. The number of aryl methyl sites for hydroxylation is 2. The predicted molar refractivity (Wildman–Crippen MR) is 88.2 cm³/mol. The first-order chi connectivity index (χ1) is 10.3. The molecule has 3 heteroatoms. The maximum atomic E-state index is 6.20. The van der Waals surface area contributed by atoms with E-state index in [1.165, 1.54) is 49.0 Å². The van der Waals surface area contributed by atoms with E-state index in [2.05, 4.69) is 42.3 Å². The minimum Gasteiger partial charge on any atom is -0.372 e. The number of likely N-dealkylation sites (N-methyl/N-ethyl adjacent to an activating group) is 1. The Kier molecular flexibility index (Phi) is 4.81. The maximum Gasteiger partial charge on any atom is 0.0755 e. The van der Waals surface area contributed by atoms with Gasteiger partial charge in [0.25, 0.3) is 0 Å². The van der Waals surface area contributed by atoms with Crippen molar-refractivity contribution in [3.05, 3.63) is 29.3 Å². The van der Waals surface area contributed by atoms with Crippen LogP contribution in [0.5, 0.6) is 0 Å². The Hall–Kier alpha value is -1.06. The average Bonchev–Trinajstić information content (AvgIpc) is 2.92. The molecule has 1 aromatic carbocycles. The van der Waals surface area contributed by atoms with Gasteiger partial charge in [0, 0.05) is 25.3 Å². The zero-order valence-electron chi connectivity index (χ0n) is 13.4. The Bertz CT molecular complexity index is 474. The van der Waals surface area contributed by atoms with E-state index in [-0.39, 0.29) is 0 Å². The number of benzene rings is 1. The van der Waals surface area contributed by atoms with Crippen molar-refractivity contribution in [2.45, 2.75) is 51.7 Å². The van der Waals surface area contributed by atoms with Crippen molar-refractivity contribution in [3.63, 3.8) is 0 Å². The molecule has 0 aromatic heterocycles. The summed E-state index contributed by atoms with van der Waals surface area (Å²) in [5, 5.41) is 3.40. The third-order valence-corrected chi connectivity index (χ3v) is 4.69. The Balaban J connectivity index is 1.60. The van der Waals surface area contributed by atoms with Crippen molar-refractivity contribution in [2.75, 3.05) is 31.1 Å². The molecule has 1 fully saturated rings. The first kappa shape index (κ1) is 14.9. The van der Waals surface area contributed by atoms with E-state index in [1.54, 1.807) is 0 Å². The van der Waals surface area contributed by atoms with Crippen LogP contribution in [0.1, 0.15) is 37.3 Å². The molecule has 2 atom stereocenters. The highest BCUT2D eigenvalue weighted by Crippen LogP contribution is 2.30. The Morgan fingerprint density at radius 1 is 1.29 bits per heavy atom. The molecular formula is C18H28N2O. The van der Waals surface area contributed by atoms with E-state index < -0.39 is 0 Å². The number of nitrogens with zero attached hydrogens (tertiary/aromatic N) is 1. The normalized spacial score (nSPS) is 25.1. The molecule has 3 nitrogen and oxygen atoms in total. The van der Waals surface area contributed by atoms with Crippen LogP contribution in [0.4, 0.5) is 5.69 Å². The second kappa shape index (κ2) is 6.80. The van der Waals surface area contributed by atoms with Gasteiger partial charge >= 0.3 is 0 Å². The molecule has 2 heterocycles. The fourth-order valence-corrected chi connectivity index (χ4v) is 3.61. The third-order valence-electron chi connectivity index (χ3n) is 4.69. The van der Waals surface area contributed by atoms with Gasteiger partial charge in [-0.15, -0.1) is 0 Å². The number of rotatable bonds is 5. The summed E-state index contributed by atoms with van der Waals surface area (Å²) in [7, 11) is 0. The van der Waals surface area contributed by atoms with Crippen molar-refractivity contribution in [1.82, 2.24) is 5.32 Å². The predicted octanol–water partition coefficient (Wildman–Crippen LogP) is 2.90. The first-order valence-electron chi connectivity index (χ1n) is 8.47. The molecule has 0 saturated carbocycles. The number of hydrogen-bond acceptors (Lipinski definition) is 3. The molecule has 2 aliphatic heterocycles. The smallest absolute Gasteiger partial charge is 0.0755 e. The Morgan fingerprint density at radius 2 is 2.14 bits per heavy atom. The monoisotopic (exact) mass is 288 g/mol. The van der Waals surface area contributed by atoms with Gasteiger partial charge in [-0.05, 0) is 50.8 Å². The lowest BCUT2D eigenvalue weighted by Gasteiger charge is -2.33. The molecule has 2 unspecified atom stereocenters. The highest BCUT2D eigenvalue weighted by atomic mass is 16.5. The molecule has 1 N–H and O–H groups in total. The van der Waals surface area contributed by atoms with Crippen molar-refractivity contribution in [1.29, 1.82) is 0 Å². The van der Waals surface area contributed by atoms with Crippen LogP contribution in [-0.4, -0.2) is 38.4 Å². The molecular weight excluding hydrogens is 260 g/mol. The van der Waals surface area contributed by atoms with Crippen LogP contribution in [0, 0.1) is 6.92 Å². The van der Waals surface area contributed by atoms with Crippen LogP contribution in [0.15, 0.2) is 18.2 Å². The molecule has 2 aliphatic rings. The minimum absolute atomic E-state index is 0.404. The van der Waals surface area contributed by atoms with Gasteiger partial charge in [0.1, 0.15) is 0 Å². The van der Waals surface area contributed by atoms with E-state index in [9.17, 15) is 0 Å². The summed E-state index contributed by atoms with van der Waals surface area (Å²) in [6.07, 6.45) is 5.71. The van der Waals surface area contributed by atoms with Gasteiger partial charge < -0.3 is 15.0 Å². The van der Waals surface area contributed by atoms with Gasteiger partial charge in [-0.2, -0.15) is 0 Å². The Labute approximate surface area is 128 Å². The first-order valence-corrected chi connectivity index (χ1v) is 8.47. The van der Waals surface area contributed by atoms with Crippen LogP contribution in [0.2, 0.25) is 0 Å². The van der Waals surface area contributed by atoms with E-state index >= 15 is 0 Å². The van der Waals surface area contributed by atoms with Gasteiger partial charge in [-0.25, -0.2) is 0 Å². The number of anilines is 1. The number of nitrogens with one attached hydrogen (secondary N) is 1.